The second-order valence-corrected chi connectivity index (χ2v) is 7.70. The largest absolute Gasteiger partial charge is 0.389 e. The summed E-state index contributed by atoms with van der Waals surface area (Å²) in [5.74, 6) is 0.462. The van der Waals surface area contributed by atoms with Gasteiger partial charge in [0.1, 0.15) is 4.99 Å². The van der Waals surface area contributed by atoms with Gasteiger partial charge in [0.05, 0.1) is 5.75 Å². The van der Waals surface area contributed by atoms with Gasteiger partial charge in [0.25, 0.3) is 0 Å². The molecule has 0 amide bonds. The van der Waals surface area contributed by atoms with E-state index in [1.165, 1.54) is 0 Å². The first-order valence-corrected chi connectivity index (χ1v) is 8.84. The van der Waals surface area contributed by atoms with E-state index in [-0.39, 0.29) is 11.5 Å². The van der Waals surface area contributed by atoms with Crippen LogP contribution < -0.4 is 5.73 Å². The van der Waals surface area contributed by atoms with Crippen molar-refractivity contribution in [3.8, 4) is 0 Å². The van der Waals surface area contributed by atoms with Crippen molar-refractivity contribution in [1.29, 1.82) is 0 Å². The summed E-state index contributed by atoms with van der Waals surface area (Å²) >= 11 is 4.95. The molecule has 20 heavy (non-hydrogen) atoms. The molecule has 0 radical (unpaired) electrons. The molecule has 0 unspecified atom stereocenters. The topological polar surface area (TPSA) is 63.4 Å². The van der Waals surface area contributed by atoms with Crippen LogP contribution in [0.3, 0.4) is 0 Å². The van der Waals surface area contributed by atoms with E-state index in [9.17, 15) is 8.42 Å². The highest BCUT2D eigenvalue weighted by molar-refractivity contribution is 7.91. The molecule has 0 fully saturated rings. The van der Waals surface area contributed by atoms with Crippen LogP contribution in [0.25, 0.3) is 0 Å². The van der Waals surface area contributed by atoms with Gasteiger partial charge in [-0.05, 0) is 25.1 Å². The summed E-state index contributed by atoms with van der Waals surface area (Å²) < 4.78 is 23.3. The molecule has 0 aliphatic carbocycles. The first kappa shape index (κ1) is 17.1. The Balaban J connectivity index is 2.56. The van der Waals surface area contributed by atoms with E-state index in [1.807, 2.05) is 43.1 Å². The highest BCUT2D eigenvalue weighted by Gasteiger charge is 2.11. The number of thiocarbonyl (C=S) groups is 1. The maximum absolute atomic E-state index is 11.7. The van der Waals surface area contributed by atoms with Gasteiger partial charge in [0, 0.05) is 24.4 Å². The first-order chi connectivity index (χ1) is 9.34. The normalized spacial score (nSPS) is 11.8. The first-order valence-electron chi connectivity index (χ1n) is 6.62. The summed E-state index contributed by atoms with van der Waals surface area (Å²) in [5, 5.41) is 0. The van der Waals surface area contributed by atoms with Crippen molar-refractivity contribution in [3.05, 3.63) is 35.4 Å². The molecule has 2 N–H and O–H groups in total. The van der Waals surface area contributed by atoms with Crippen LogP contribution in [0, 0.1) is 0 Å². The lowest BCUT2D eigenvalue weighted by Gasteiger charge is -2.17. The maximum Gasteiger partial charge on any atom is 0.151 e. The summed E-state index contributed by atoms with van der Waals surface area (Å²) in [6.07, 6.45) is 0.669. The summed E-state index contributed by atoms with van der Waals surface area (Å²) in [6.45, 7) is 3.08. The monoisotopic (exact) mass is 314 g/mol. The minimum Gasteiger partial charge on any atom is -0.389 e. The van der Waals surface area contributed by atoms with Crippen LogP contribution in [-0.4, -0.2) is 43.4 Å². The van der Waals surface area contributed by atoms with Gasteiger partial charge >= 0.3 is 0 Å². The number of nitrogens with zero attached hydrogens (tertiary/aromatic N) is 1. The average Bonchev–Trinajstić information content (AvgIpc) is 2.37. The number of nitrogens with two attached hydrogens (primary N) is 1. The van der Waals surface area contributed by atoms with Gasteiger partial charge in [0.2, 0.25) is 0 Å². The second-order valence-electron chi connectivity index (χ2n) is 4.95. The zero-order valence-electron chi connectivity index (χ0n) is 12.0. The lowest BCUT2D eigenvalue weighted by molar-refractivity contribution is 0.346. The molecule has 1 rings (SSSR count). The molecule has 0 aromatic heterocycles. The second kappa shape index (κ2) is 7.71. The van der Waals surface area contributed by atoms with Gasteiger partial charge in [-0.1, -0.05) is 37.3 Å². The van der Waals surface area contributed by atoms with E-state index < -0.39 is 9.84 Å². The van der Waals surface area contributed by atoms with Crippen LogP contribution in [0.15, 0.2) is 24.3 Å². The Morgan fingerprint density at radius 1 is 1.35 bits per heavy atom. The van der Waals surface area contributed by atoms with E-state index >= 15 is 0 Å². The van der Waals surface area contributed by atoms with E-state index in [0.717, 1.165) is 11.1 Å². The van der Waals surface area contributed by atoms with Crippen LogP contribution in [0.1, 0.15) is 24.5 Å². The number of sulfone groups is 1. The molecule has 0 saturated carbocycles. The molecule has 0 atom stereocenters. The minimum absolute atomic E-state index is 0.201. The van der Waals surface area contributed by atoms with Gasteiger partial charge in [0.15, 0.2) is 9.84 Å². The van der Waals surface area contributed by atoms with Crippen LogP contribution in [-0.2, 0) is 16.4 Å². The third-order valence-electron chi connectivity index (χ3n) is 2.96. The fourth-order valence-corrected chi connectivity index (χ4v) is 3.46. The quantitative estimate of drug-likeness (QED) is 0.738. The lowest BCUT2D eigenvalue weighted by atomic mass is 10.1. The predicted octanol–water partition coefficient (Wildman–Crippen LogP) is 1.58. The van der Waals surface area contributed by atoms with Crippen LogP contribution in [0.5, 0.6) is 0 Å². The van der Waals surface area contributed by atoms with Crippen LogP contribution >= 0.6 is 12.2 Å². The van der Waals surface area contributed by atoms with Crippen molar-refractivity contribution < 1.29 is 8.42 Å². The van der Waals surface area contributed by atoms with Crippen LogP contribution in [0.4, 0.5) is 0 Å². The highest BCUT2D eigenvalue weighted by Crippen LogP contribution is 2.08. The molecule has 0 saturated heterocycles. The Hall–Kier alpha value is -0.980. The van der Waals surface area contributed by atoms with E-state index in [2.05, 4.69) is 0 Å². The maximum atomic E-state index is 11.7. The van der Waals surface area contributed by atoms with Crippen molar-refractivity contribution in [1.82, 2.24) is 4.90 Å². The molecule has 0 aliphatic heterocycles. The number of rotatable bonds is 8. The van der Waals surface area contributed by atoms with Gasteiger partial charge < -0.3 is 10.6 Å². The van der Waals surface area contributed by atoms with Gasteiger partial charge in [-0.25, -0.2) is 8.42 Å². The molecule has 0 bridgehead atoms. The van der Waals surface area contributed by atoms with Gasteiger partial charge in [-0.15, -0.1) is 0 Å². The third kappa shape index (κ3) is 5.98. The zero-order valence-corrected chi connectivity index (χ0v) is 13.6. The fourth-order valence-electron chi connectivity index (χ4n) is 1.92. The van der Waals surface area contributed by atoms with Crippen LogP contribution in [0.2, 0.25) is 0 Å². The molecule has 1 aromatic rings. The zero-order chi connectivity index (χ0) is 15.2. The average molecular weight is 314 g/mol. The van der Waals surface area contributed by atoms with E-state index in [0.29, 0.717) is 24.5 Å². The Labute approximate surface area is 126 Å². The summed E-state index contributed by atoms with van der Waals surface area (Å²) in [5.41, 5.74) is 7.51. The minimum atomic E-state index is -2.92. The van der Waals surface area contributed by atoms with E-state index in [1.54, 1.807) is 0 Å². The molecule has 6 heteroatoms. The smallest absolute Gasteiger partial charge is 0.151 e. The predicted molar refractivity (Wildman–Crippen MR) is 87.6 cm³/mol. The highest BCUT2D eigenvalue weighted by atomic mass is 32.2. The standard InChI is InChI=1S/C14H22N2O2S2/c1-3-8-20(17,18)9-7-16(2)11-12-5-4-6-13(10-12)14(15)19/h4-6,10H,3,7-9,11H2,1-2H3,(H2,15,19). The number of benzene rings is 1. The molecular formula is C14H22N2O2S2. The Kier molecular flexibility index (Phi) is 6.58. The lowest BCUT2D eigenvalue weighted by Crippen LogP contribution is -2.26. The SMILES string of the molecule is CCCS(=O)(=O)CCN(C)Cc1cccc(C(N)=S)c1. The van der Waals surface area contributed by atoms with Gasteiger partial charge in [-0.2, -0.15) is 0 Å². The van der Waals surface area contributed by atoms with Crippen molar-refractivity contribution in [3.63, 3.8) is 0 Å². The number of hydrogen-bond acceptors (Lipinski definition) is 4. The molecule has 4 nitrogen and oxygen atoms in total. The Morgan fingerprint density at radius 2 is 2.05 bits per heavy atom. The van der Waals surface area contributed by atoms with Crippen molar-refractivity contribution >= 4 is 27.0 Å². The third-order valence-corrected chi connectivity index (χ3v) is 5.03. The summed E-state index contributed by atoms with van der Waals surface area (Å²) in [6, 6.07) is 7.71. The molecular weight excluding hydrogens is 292 g/mol. The van der Waals surface area contributed by atoms with Crippen molar-refractivity contribution in [2.45, 2.75) is 19.9 Å². The Morgan fingerprint density at radius 3 is 2.65 bits per heavy atom. The van der Waals surface area contributed by atoms with E-state index in [4.69, 9.17) is 18.0 Å². The van der Waals surface area contributed by atoms with Crippen molar-refractivity contribution in [2.75, 3.05) is 25.1 Å². The van der Waals surface area contributed by atoms with Gasteiger partial charge in [-0.3, -0.25) is 0 Å². The van der Waals surface area contributed by atoms with Crippen molar-refractivity contribution in [2.24, 2.45) is 5.73 Å². The molecule has 0 aliphatic rings. The summed E-state index contributed by atoms with van der Waals surface area (Å²) in [4.78, 5) is 2.37. The molecule has 0 heterocycles. The Bertz CT molecular complexity index is 556. The fraction of sp³-hybridized carbons (Fsp3) is 0.500. The molecule has 0 spiro atoms. The molecule has 112 valence electrons. The number of hydrogen-bond donors (Lipinski definition) is 1. The molecule has 1 aromatic carbocycles. The summed E-state index contributed by atoms with van der Waals surface area (Å²) in [7, 11) is -1.01.